The fourth-order valence-electron chi connectivity index (χ4n) is 2.47. The SMILES string of the molecule is CC[C@H](C)Oc1nc(N)c2ncc(C(O)c3ccc(OCCNC)nc3)n2n1. The number of aliphatic hydroxyl groups excluding tert-OH is 1. The minimum absolute atomic E-state index is 0.0617. The van der Waals surface area contributed by atoms with Crippen molar-refractivity contribution in [1.82, 2.24) is 29.9 Å². The number of rotatable bonds is 9. The molecule has 1 unspecified atom stereocenters. The van der Waals surface area contributed by atoms with Gasteiger partial charge in [0.25, 0.3) is 0 Å². The highest BCUT2D eigenvalue weighted by atomic mass is 16.5. The number of ether oxygens (including phenoxy) is 2. The van der Waals surface area contributed by atoms with Crippen molar-refractivity contribution in [3.05, 3.63) is 35.8 Å². The normalized spacial score (nSPS) is 13.4. The maximum absolute atomic E-state index is 10.8. The molecule has 3 aromatic heterocycles. The Kier molecular flexibility index (Phi) is 6.22. The Labute approximate surface area is 162 Å². The highest BCUT2D eigenvalue weighted by molar-refractivity contribution is 5.60. The van der Waals surface area contributed by atoms with Gasteiger partial charge in [0.2, 0.25) is 5.88 Å². The maximum atomic E-state index is 10.8. The Bertz CT molecular complexity index is 913. The average Bonchev–Trinajstić information content (AvgIpc) is 3.12. The van der Waals surface area contributed by atoms with Gasteiger partial charge in [-0.1, -0.05) is 6.92 Å². The summed E-state index contributed by atoms with van der Waals surface area (Å²) in [5, 5.41) is 18.1. The number of fused-ring (bicyclic) bond motifs is 1. The maximum Gasteiger partial charge on any atom is 0.336 e. The zero-order valence-electron chi connectivity index (χ0n) is 16.2. The number of nitrogen functional groups attached to an aromatic ring is 1. The number of anilines is 1. The molecule has 3 heterocycles. The number of hydrogen-bond donors (Lipinski definition) is 3. The Hall–Kier alpha value is -2.98. The molecule has 0 aliphatic rings. The minimum Gasteiger partial charge on any atom is -0.476 e. The number of aliphatic hydroxyl groups is 1. The van der Waals surface area contributed by atoms with Crippen LogP contribution in [0.4, 0.5) is 5.82 Å². The summed E-state index contributed by atoms with van der Waals surface area (Å²) >= 11 is 0. The third-order valence-electron chi connectivity index (χ3n) is 4.23. The first-order valence-corrected chi connectivity index (χ1v) is 9.12. The van der Waals surface area contributed by atoms with Crippen LogP contribution < -0.4 is 20.5 Å². The molecule has 0 saturated carbocycles. The molecule has 0 aliphatic heterocycles. The lowest BCUT2D eigenvalue weighted by molar-refractivity contribution is 0.192. The van der Waals surface area contributed by atoms with E-state index in [0.29, 0.717) is 29.4 Å². The molecule has 4 N–H and O–H groups in total. The summed E-state index contributed by atoms with van der Waals surface area (Å²) in [5.41, 5.74) is 7.33. The molecule has 0 radical (unpaired) electrons. The second-order valence-corrected chi connectivity index (χ2v) is 6.32. The van der Waals surface area contributed by atoms with E-state index in [4.69, 9.17) is 15.2 Å². The standard InChI is InChI=1S/C18H25N7O3/c1-4-11(2)28-18-23-16(19)17-22-10-13(25(17)24-18)15(26)12-5-6-14(21-9-12)27-8-7-20-3/h5-6,9-11,15,20,26H,4,7-8H2,1-3H3,(H2,19,23,24)/t11-,15?/m0/s1. The van der Waals surface area contributed by atoms with Crippen molar-refractivity contribution in [3.63, 3.8) is 0 Å². The van der Waals surface area contributed by atoms with Crippen molar-refractivity contribution in [3.8, 4) is 11.9 Å². The second kappa shape index (κ2) is 8.81. The molecule has 2 atom stereocenters. The molecule has 3 rings (SSSR count). The molecule has 0 aromatic carbocycles. The number of hydrogen-bond acceptors (Lipinski definition) is 9. The average molecular weight is 387 g/mol. The summed E-state index contributed by atoms with van der Waals surface area (Å²) in [6.45, 7) is 5.14. The number of pyridine rings is 1. The molecule has 0 fully saturated rings. The van der Waals surface area contributed by atoms with E-state index in [1.165, 1.54) is 10.7 Å². The van der Waals surface area contributed by atoms with Crippen molar-refractivity contribution in [2.75, 3.05) is 25.9 Å². The first kappa shape index (κ1) is 19.8. The van der Waals surface area contributed by atoms with Gasteiger partial charge in [-0.05, 0) is 26.5 Å². The van der Waals surface area contributed by atoms with Crippen LogP contribution in [0.15, 0.2) is 24.5 Å². The fourth-order valence-corrected chi connectivity index (χ4v) is 2.47. The molecule has 0 amide bonds. The quantitative estimate of drug-likeness (QED) is 0.459. The molecule has 0 saturated heterocycles. The second-order valence-electron chi connectivity index (χ2n) is 6.32. The molecule has 0 spiro atoms. The predicted octanol–water partition coefficient (Wildman–Crippen LogP) is 0.959. The van der Waals surface area contributed by atoms with E-state index < -0.39 is 6.10 Å². The molecule has 0 aliphatic carbocycles. The van der Waals surface area contributed by atoms with Crippen LogP contribution in [0.25, 0.3) is 5.65 Å². The number of nitrogens with two attached hydrogens (primary N) is 1. The number of nitrogens with one attached hydrogen (secondary N) is 1. The topological polar surface area (TPSA) is 133 Å². The van der Waals surface area contributed by atoms with Crippen LogP contribution in [0.1, 0.15) is 37.6 Å². The van der Waals surface area contributed by atoms with E-state index in [-0.39, 0.29) is 17.9 Å². The van der Waals surface area contributed by atoms with Crippen LogP contribution in [0.2, 0.25) is 0 Å². The van der Waals surface area contributed by atoms with Gasteiger partial charge < -0.3 is 25.6 Å². The van der Waals surface area contributed by atoms with Gasteiger partial charge in [0.15, 0.2) is 11.5 Å². The van der Waals surface area contributed by atoms with Gasteiger partial charge in [0.1, 0.15) is 12.7 Å². The molecule has 150 valence electrons. The number of likely N-dealkylation sites (N-methyl/N-ethyl adjacent to an activating group) is 1. The van der Waals surface area contributed by atoms with Crippen molar-refractivity contribution < 1.29 is 14.6 Å². The molecule has 0 bridgehead atoms. The van der Waals surface area contributed by atoms with Crippen LogP contribution >= 0.6 is 0 Å². The zero-order chi connectivity index (χ0) is 20.1. The van der Waals surface area contributed by atoms with Crippen molar-refractivity contribution in [2.45, 2.75) is 32.5 Å². The zero-order valence-corrected chi connectivity index (χ0v) is 16.2. The summed E-state index contributed by atoms with van der Waals surface area (Å²) in [6, 6.07) is 3.59. The van der Waals surface area contributed by atoms with E-state index >= 15 is 0 Å². The third-order valence-corrected chi connectivity index (χ3v) is 4.23. The molecule has 10 heteroatoms. The highest BCUT2D eigenvalue weighted by Gasteiger charge is 2.20. The predicted molar refractivity (Wildman–Crippen MR) is 103 cm³/mol. The van der Waals surface area contributed by atoms with Crippen molar-refractivity contribution >= 4 is 11.5 Å². The summed E-state index contributed by atoms with van der Waals surface area (Å²) < 4.78 is 12.6. The smallest absolute Gasteiger partial charge is 0.336 e. The van der Waals surface area contributed by atoms with Crippen LogP contribution in [0, 0.1) is 0 Å². The summed E-state index contributed by atoms with van der Waals surface area (Å²) in [7, 11) is 1.85. The lowest BCUT2D eigenvalue weighted by atomic mass is 10.1. The Balaban J connectivity index is 1.85. The van der Waals surface area contributed by atoms with E-state index in [0.717, 1.165) is 13.0 Å². The Morgan fingerprint density at radius 2 is 2.11 bits per heavy atom. The fraction of sp³-hybridized carbons (Fsp3) is 0.444. The summed E-state index contributed by atoms with van der Waals surface area (Å²) in [5.74, 6) is 0.665. The van der Waals surface area contributed by atoms with Crippen molar-refractivity contribution in [1.29, 1.82) is 0 Å². The molecule has 28 heavy (non-hydrogen) atoms. The van der Waals surface area contributed by atoms with Gasteiger partial charge in [0, 0.05) is 24.4 Å². The molecule has 3 aromatic rings. The van der Waals surface area contributed by atoms with E-state index in [1.54, 1.807) is 18.3 Å². The lowest BCUT2D eigenvalue weighted by Gasteiger charge is -2.13. The number of aromatic nitrogens is 5. The van der Waals surface area contributed by atoms with Gasteiger partial charge in [-0.2, -0.15) is 4.98 Å². The van der Waals surface area contributed by atoms with Crippen molar-refractivity contribution in [2.24, 2.45) is 0 Å². The monoisotopic (exact) mass is 387 g/mol. The lowest BCUT2D eigenvalue weighted by Crippen LogP contribution is -2.16. The Morgan fingerprint density at radius 1 is 1.29 bits per heavy atom. The van der Waals surface area contributed by atoms with E-state index in [1.807, 2.05) is 20.9 Å². The van der Waals surface area contributed by atoms with Gasteiger partial charge in [0.05, 0.1) is 18.0 Å². The number of nitrogens with zero attached hydrogens (tertiary/aromatic N) is 5. The van der Waals surface area contributed by atoms with Crippen LogP contribution in [-0.4, -0.2) is 56.0 Å². The van der Waals surface area contributed by atoms with Crippen LogP contribution in [-0.2, 0) is 0 Å². The molecule has 10 nitrogen and oxygen atoms in total. The first-order chi connectivity index (χ1) is 13.5. The van der Waals surface area contributed by atoms with Gasteiger partial charge >= 0.3 is 6.01 Å². The highest BCUT2D eigenvalue weighted by Crippen LogP contribution is 2.25. The van der Waals surface area contributed by atoms with Crippen LogP contribution in [0.3, 0.4) is 0 Å². The largest absolute Gasteiger partial charge is 0.476 e. The van der Waals surface area contributed by atoms with E-state index in [9.17, 15) is 5.11 Å². The van der Waals surface area contributed by atoms with Gasteiger partial charge in [-0.3, -0.25) is 0 Å². The molecular formula is C18H25N7O3. The summed E-state index contributed by atoms with van der Waals surface area (Å²) in [4.78, 5) is 12.6. The van der Waals surface area contributed by atoms with Gasteiger partial charge in [-0.15, -0.1) is 5.10 Å². The third kappa shape index (κ3) is 4.29. The summed E-state index contributed by atoms with van der Waals surface area (Å²) in [6.07, 6.45) is 2.80. The van der Waals surface area contributed by atoms with Gasteiger partial charge in [-0.25, -0.2) is 14.5 Å². The van der Waals surface area contributed by atoms with Crippen LogP contribution in [0.5, 0.6) is 11.9 Å². The number of imidazole rings is 1. The first-order valence-electron chi connectivity index (χ1n) is 9.12. The minimum atomic E-state index is -1.00. The Morgan fingerprint density at radius 3 is 2.79 bits per heavy atom. The van der Waals surface area contributed by atoms with E-state index in [2.05, 4.69) is 25.4 Å². The molecular weight excluding hydrogens is 362 g/mol.